The summed E-state index contributed by atoms with van der Waals surface area (Å²) < 4.78 is 39.4. The van der Waals surface area contributed by atoms with Crippen molar-refractivity contribution < 1.29 is 22.7 Å². The molecule has 1 saturated heterocycles. The Labute approximate surface area is 166 Å². The van der Waals surface area contributed by atoms with Crippen LogP contribution in [-0.2, 0) is 30.1 Å². The molecule has 28 heavy (non-hydrogen) atoms. The molecule has 1 aliphatic carbocycles. The Morgan fingerprint density at radius 2 is 1.86 bits per heavy atom. The van der Waals surface area contributed by atoms with Crippen molar-refractivity contribution in [2.24, 2.45) is 5.92 Å². The smallest absolute Gasteiger partial charge is 0.292 e. The van der Waals surface area contributed by atoms with Gasteiger partial charge in [0, 0.05) is 24.7 Å². The van der Waals surface area contributed by atoms with Crippen LogP contribution >= 0.6 is 0 Å². The molecule has 0 unspecified atom stereocenters. The highest BCUT2D eigenvalue weighted by Crippen LogP contribution is 2.47. The van der Waals surface area contributed by atoms with Gasteiger partial charge in [0.05, 0.1) is 23.8 Å². The molecule has 8 heteroatoms. The normalized spacial score (nSPS) is 22.2. The molecule has 0 aromatic heterocycles. The maximum Gasteiger partial charge on any atom is 0.292 e. The first-order chi connectivity index (χ1) is 13.1. The molecule has 0 atom stereocenters. The molecule has 2 heterocycles. The second-order valence-electron chi connectivity index (χ2n) is 8.85. The molecule has 3 aliphatic rings. The molecule has 0 radical (unpaired) electrons. The number of nitrogens with zero attached hydrogens (tertiary/aromatic N) is 2. The zero-order valence-electron chi connectivity index (χ0n) is 16.9. The highest BCUT2D eigenvalue weighted by Gasteiger charge is 2.56. The Bertz CT molecular complexity index is 896. The third kappa shape index (κ3) is 3.07. The fourth-order valence-electron chi connectivity index (χ4n) is 3.65. The van der Waals surface area contributed by atoms with Gasteiger partial charge in [-0.3, -0.25) is 4.79 Å². The Morgan fingerprint density at radius 1 is 1.21 bits per heavy atom. The van der Waals surface area contributed by atoms with Crippen molar-refractivity contribution in [3.05, 3.63) is 23.8 Å². The Morgan fingerprint density at radius 3 is 2.43 bits per heavy atom. The zero-order valence-corrected chi connectivity index (χ0v) is 17.7. The average molecular weight is 409 g/mol. The number of fused-ring (bicyclic) bond motifs is 2. The lowest BCUT2D eigenvalue weighted by atomic mass is 10.1. The summed E-state index contributed by atoms with van der Waals surface area (Å²) in [5, 5.41) is 0. The van der Waals surface area contributed by atoms with Gasteiger partial charge < -0.3 is 14.4 Å². The maximum atomic E-state index is 13.3. The maximum absolute atomic E-state index is 13.3. The molecule has 1 spiro atoms. The Kier molecular flexibility index (Phi) is 4.61. The monoisotopic (exact) mass is 408 g/mol. The van der Waals surface area contributed by atoms with Crippen molar-refractivity contribution >= 4 is 21.6 Å². The third-order valence-corrected chi connectivity index (χ3v) is 7.90. The van der Waals surface area contributed by atoms with Gasteiger partial charge in [-0.2, -0.15) is 4.31 Å². The minimum atomic E-state index is -3.73. The van der Waals surface area contributed by atoms with Gasteiger partial charge in [0.25, 0.3) is 11.7 Å². The van der Waals surface area contributed by atoms with Gasteiger partial charge in [-0.25, -0.2) is 8.42 Å². The predicted molar refractivity (Wildman–Crippen MR) is 104 cm³/mol. The van der Waals surface area contributed by atoms with E-state index in [1.54, 1.807) is 30.1 Å². The molecular weight excluding hydrogens is 380 g/mol. The lowest BCUT2D eigenvalue weighted by Crippen LogP contribution is -2.47. The third-order valence-electron chi connectivity index (χ3n) is 5.78. The van der Waals surface area contributed by atoms with E-state index in [9.17, 15) is 13.2 Å². The van der Waals surface area contributed by atoms with Crippen LogP contribution in [0, 0.1) is 5.92 Å². The number of anilines is 1. The summed E-state index contributed by atoms with van der Waals surface area (Å²) >= 11 is 0. The predicted octanol–water partition coefficient (Wildman–Crippen LogP) is 2.45. The van der Waals surface area contributed by atoms with Crippen molar-refractivity contribution in [2.45, 2.75) is 56.3 Å². The molecule has 1 amide bonds. The van der Waals surface area contributed by atoms with Gasteiger partial charge in [-0.1, -0.05) is 0 Å². The number of carbonyl (C=O) groups is 1. The van der Waals surface area contributed by atoms with E-state index >= 15 is 0 Å². The van der Waals surface area contributed by atoms with E-state index in [0.717, 1.165) is 12.8 Å². The number of hydrogen-bond donors (Lipinski definition) is 0. The van der Waals surface area contributed by atoms with Gasteiger partial charge in [0.15, 0.2) is 0 Å². The largest absolute Gasteiger partial charge is 0.338 e. The molecule has 1 saturated carbocycles. The summed E-state index contributed by atoms with van der Waals surface area (Å²) in [6.07, 6.45) is 2.92. The highest BCUT2D eigenvalue weighted by atomic mass is 32.2. The summed E-state index contributed by atoms with van der Waals surface area (Å²) in [5.41, 5.74) is 0.624. The number of sulfonamides is 1. The number of rotatable bonds is 4. The lowest BCUT2D eigenvalue weighted by molar-refractivity contribution is -0.256. The van der Waals surface area contributed by atoms with Gasteiger partial charge in [0.1, 0.15) is 0 Å². The summed E-state index contributed by atoms with van der Waals surface area (Å²) in [6, 6.07) is 4.85. The minimum Gasteiger partial charge on any atom is -0.338 e. The van der Waals surface area contributed by atoms with E-state index in [-0.39, 0.29) is 10.8 Å². The molecule has 1 aromatic rings. The van der Waals surface area contributed by atoms with Gasteiger partial charge >= 0.3 is 0 Å². The number of ether oxygens (including phenoxy) is 2. The second-order valence-corrected chi connectivity index (χ2v) is 10.8. The van der Waals surface area contributed by atoms with Crippen LogP contribution in [0.4, 0.5) is 5.69 Å². The van der Waals surface area contributed by atoms with Crippen molar-refractivity contribution in [2.75, 3.05) is 31.7 Å². The molecule has 1 aromatic carbocycles. The van der Waals surface area contributed by atoms with Crippen molar-refractivity contribution in [3.8, 4) is 0 Å². The first kappa shape index (κ1) is 19.8. The van der Waals surface area contributed by atoms with Crippen LogP contribution in [0.2, 0.25) is 0 Å². The highest BCUT2D eigenvalue weighted by molar-refractivity contribution is 7.89. The van der Waals surface area contributed by atoms with E-state index in [1.165, 1.54) is 4.31 Å². The lowest BCUT2D eigenvalue weighted by Gasteiger charge is -2.33. The van der Waals surface area contributed by atoms with Crippen LogP contribution in [0.25, 0.3) is 0 Å². The van der Waals surface area contributed by atoms with Gasteiger partial charge in [-0.05, 0) is 64.2 Å². The fourth-order valence-corrected chi connectivity index (χ4v) is 5.19. The fraction of sp³-hybridized carbons (Fsp3) is 0.650. The number of hydrogen-bond acceptors (Lipinski definition) is 5. The Hall–Kier alpha value is -1.48. The quantitative estimate of drug-likeness (QED) is 0.765. The van der Waals surface area contributed by atoms with Gasteiger partial charge in [0.2, 0.25) is 10.0 Å². The standard InChI is InChI=1S/C20H28N2O5S/c1-19(2,3)21(4)28(24,25)15-8-9-17-16(12-15)20(26-10-5-11-27-20)18(23)22(17)13-14-6-7-14/h8-9,12,14H,5-7,10-11,13H2,1-4H3. The van der Waals surface area contributed by atoms with Crippen molar-refractivity contribution in [3.63, 3.8) is 0 Å². The van der Waals surface area contributed by atoms with Gasteiger partial charge in [-0.15, -0.1) is 0 Å². The van der Waals surface area contributed by atoms with Crippen LogP contribution in [0.5, 0.6) is 0 Å². The molecule has 0 N–H and O–H groups in total. The zero-order chi connectivity index (χ0) is 20.3. The molecular formula is C20H28N2O5S. The molecule has 2 fully saturated rings. The SMILES string of the molecule is CN(C(C)(C)C)S(=O)(=O)c1ccc2c(c1)C1(OCCCO1)C(=O)N2CC1CC1. The number of benzene rings is 1. The second kappa shape index (κ2) is 6.52. The first-order valence-corrected chi connectivity index (χ1v) is 11.2. The number of amides is 1. The van der Waals surface area contributed by atoms with Crippen molar-refractivity contribution in [1.82, 2.24) is 4.31 Å². The first-order valence-electron chi connectivity index (χ1n) is 9.81. The molecule has 2 aliphatic heterocycles. The van der Waals surface area contributed by atoms with Crippen LogP contribution in [0.1, 0.15) is 45.6 Å². The summed E-state index contributed by atoms with van der Waals surface area (Å²) in [7, 11) is -2.16. The van der Waals surface area contributed by atoms with Crippen molar-refractivity contribution in [1.29, 1.82) is 0 Å². The van der Waals surface area contributed by atoms with Crippen LogP contribution in [0.3, 0.4) is 0 Å². The van der Waals surface area contributed by atoms with Crippen LogP contribution in [0.15, 0.2) is 23.1 Å². The summed E-state index contributed by atoms with van der Waals surface area (Å²) in [6.45, 7) is 6.95. The molecule has 7 nitrogen and oxygen atoms in total. The summed E-state index contributed by atoms with van der Waals surface area (Å²) in [4.78, 5) is 15.1. The summed E-state index contributed by atoms with van der Waals surface area (Å²) in [5.74, 6) is -1.27. The number of carbonyl (C=O) groups excluding carboxylic acids is 1. The molecule has 4 rings (SSSR count). The van der Waals surface area contributed by atoms with E-state index in [2.05, 4.69) is 0 Å². The van der Waals surface area contributed by atoms with E-state index in [1.807, 2.05) is 20.8 Å². The van der Waals surface area contributed by atoms with E-state index < -0.39 is 21.3 Å². The molecule has 0 bridgehead atoms. The van der Waals surface area contributed by atoms with Crippen LogP contribution in [-0.4, -0.2) is 51.0 Å². The topological polar surface area (TPSA) is 76.1 Å². The Balaban J connectivity index is 1.80. The minimum absolute atomic E-state index is 0.141. The van der Waals surface area contributed by atoms with E-state index in [0.29, 0.717) is 43.3 Å². The van der Waals surface area contributed by atoms with E-state index in [4.69, 9.17) is 9.47 Å². The average Bonchev–Trinajstić information content (AvgIpc) is 3.45. The van der Waals surface area contributed by atoms with Crippen LogP contribution < -0.4 is 4.90 Å². The molecule has 154 valence electrons.